The fraction of sp³-hybridized carbons (Fsp3) is 0.250. The number of aryl methyl sites for hydroxylation is 3. The molecule has 0 bridgehead atoms. The molecule has 2 N–H and O–H groups in total. The number of carbonyl (C=O) groups excluding carboxylic acids is 3. The van der Waals surface area contributed by atoms with Gasteiger partial charge in [-0.1, -0.05) is 17.7 Å². The van der Waals surface area contributed by atoms with Gasteiger partial charge in [-0.05, 0) is 36.9 Å². The fourth-order valence-corrected chi connectivity index (χ4v) is 3.48. The first-order valence-corrected chi connectivity index (χ1v) is 9.98. The van der Waals surface area contributed by atoms with E-state index in [1.807, 2.05) is 26.0 Å². The van der Waals surface area contributed by atoms with Gasteiger partial charge >= 0.3 is 12.0 Å². The summed E-state index contributed by atoms with van der Waals surface area (Å²) in [6, 6.07) is 6.43. The lowest BCUT2D eigenvalue weighted by Gasteiger charge is -2.10. The molecule has 1 aromatic carbocycles. The van der Waals surface area contributed by atoms with Crippen LogP contribution in [-0.4, -0.2) is 34.1 Å². The maximum absolute atomic E-state index is 12.3. The van der Waals surface area contributed by atoms with E-state index in [2.05, 4.69) is 15.6 Å². The van der Waals surface area contributed by atoms with Gasteiger partial charge in [0, 0.05) is 12.2 Å². The lowest BCUT2D eigenvalue weighted by molar-refractivity contribution is -0.148. The molecular weight excluding hydrogens is 408 g/mol. The van der Waals surface area contributed by atoms with Crippen LogP contribution in [0.15, 0.2) is 40.8 Å². The van der Waals surface area contributed by atoms with Crippen LogP contribution in [0, 0.1) is 13.8 Å². The van der Waals surface area contributed by atoms with Crippen molar-refractivity contribution in [2.75, 3.05) is 11.9 Å². The molecule has 0 aliphatic rings. The average molecular weight is 428 g/mol. The summed E-state index contributed by atoms with van der Waals surface area (Å²) in [5, 5.41) is 6.92. The third-order valence-electron chi connectivity index (χ3n) is 4.25. The summed E-state index contributed by atoms with van der Waals surface area (Å²) in [6.45, 7) is 3.24. The summed E-state index contributed by atoms with van der Waals surface area (Å²) in [5.41, 5.74) is 2.24. The lowest BCUT2D eigenvalue weighted by Crippen LogP contribution is -2.37. The minimum Gasteiger partial charge on any atom is -0.456 e. The Morgan fingerprint density at radius 3 is 2.77 bits per heavy atom. The van der Waals surface area contributed by atoms with E-state index in [9.17, 15) is 19.2 Å². The first-order chi connectivity index (χ1) is 14.3. The van der Waals surface area contributed by atoms with Gasteiger partial charge in [0.25, 0.3) is 11.5 Å². The summed E-state index contributed by atoms with van der Waals surface area (Å²) in [6.07, 6.45) is 1.26. The van der Waals surface area contributed by atoms with E-state index in [1.165, 1.54) is 22.2 Å². The van der Waals surface area contributed by atoms with E-state index in [4.69, 9.17) is 4.74 Å². The van der Waals surface area contributed by atoms with Crippen molar-refractivity contribution in [3.63, 3.8) is 0 Å². The Balaban J connectivity index is 1.43. The number of nitrogens with one attached hydrogen (secondary N) is 2. The number of benzene rings is 1. The van der Waals surface area contributed by atoms with E-state index >= 15 is 0 Å². The SMILES string of the molecule is Cc1ccc(NC(=O)NC(=O)COC(=O)CCn2cnc3sccc3c2=O)c(C)c1. The van der Waals surface area contributed by atoms with Crippen LogP contribution >= 0.6 is 11.3 Å². The Bertz CT molecular complexity index is 1170. The second-order valence-electron chi connectivity index (χ2n) is 6.61. The number of anilines is 1. The van der Waals surface area contributed by atoms with Crippen LogP contribution in [0.5, 0.6) is 0 Å². The number of urea groups is 1. The number of amides is 3. The number of thiophene rings is 1. The van der Waals surface area contributed by atoms with E-state index in [-0.39, 0.29) is 18.5 Å². The molecule has 0 fully saturated rings. The number of hydrogen-bond donors (Lipinski definition) is 2. The van der Waals surface area contributed by atoms with Crippen molar-refractivity contribution in [2.24, 2.45) is 0 Å². The highest BCUT2D eigenvalue weighted by molar-refractivity contribution is 7.16. The molecule has 0 spiro atoms. The van der Waals surface area contributed by atoms with Crippen LogP contribution in [-0.2, 0) is 20.9 Å². The zero-order chi connectivity index (χ0) is 21.7. The van der Waals surface area contributed by atoms with E-state index in [1.54, 1.807) is 17.5 Å². The molecule has 3 aromatic rings. The predicted octanol–water partition coefficient (Wildman–Crippen LogP) is 2.36. The number of fused-ring (bicyclic) bond motifs is 1. The van der Waals surface area contributed by atoms with Gasteiger partial charge < -0.3 is 10.1 Å². The standard InChI is InChI=1S/C20H20N4O5S/c1-12-3-4-15(13(2)9-12)22-20(28)23-16(25)10-29-17(26)5-7-24-11-21-18-14(19(24)27)6-8-30-18/h3-4,6,8-9,11H,5,7,10H2,1-2H3,(H2,22,23,25,28). The average Bonchev–Trinajstić information content (AvgIpc) is 3.18. The van der Waals surface area contributed by atoms with Crippen molar-refractivity contribution in [2.45, 2.75) is 26.8 Å². The molecule has 0 radical (unpaired) electrons. The number of hydrogen-bond acceptors (Lipinski definition) is 7. The molecule has 3 amide bonds. The quantitative estimate of drug-likeness (QED) is 0.582. The fourth-order valence-electron chi connectivity index (χ4n) is 2.75. The Morgan fingerprint density at radius 1 is 1.20 bits per heavy atom. The predicted molar refractivity (Wildman–Crippen MR) is 113 cm³/mol. The molecule has 9 nitrogen and oxygen atoms in total. The largest absolute Gasteiger partial charge is 0.456 e. The van der Waals surface area contributed by atoms with Crippen molar-refractivity contribution in [1.29, 1.82) is 0 Å². The molecule has 0 atom stereocenters. The Morgan fingerprint density at radius 2 is 2.00 bits per heavy atom. The Kier molecular flexibility index (Phi) is 6.58. The molecule has 0 saturated heterocycles. The highest BCUT2D eigenvalue weighted by Crippen LogP contribution is 2.15. The second kappa shape index (κ2) is 9.31. The topological polar surface area (TPSA) is 119 Å². The monoisotopic (exact) mass is 428 g/mol. The van der Waals surface area contributed by atoms with Gasteiger partial charge in [0.2, 0.25) is 0 Å². The van der Waals surface area contributed by atoms with Crippen LogP contribution < -0.4 is 16.2 Å². The van der Waals surface area contributed by atoms with Crippen LogP contribution in [0.1, 0.15) is 17.5 Å². The summed E-state index contributed by atoms with van der Waals surface area (Å²) >= 11 is 1.36. The lowest BCUT2D eigenvalue weighted by atomic mass is 10.1. The van der Waals surface area contributed by atoms with Gasteiger partial charge in [-0.15, -0.1) is 11.3 Å². The van der Waals surface area contributed by atoms with Crippen LogP contribution in [0.25, 0.3) is 10.2 Å². The molecule has 2 aromatic heterocycles. The summed E-state index contributed by atoms with van der Waals surface area (Å²) < 4.78 is 6.18. The van der Waals surface area contributed by atoms with Crippen LogP contribution in [0.3, 0.4) is 0 Å². The molecular formula is C20H20N4O5S. The van der Waals surface area contributed by atoms with Gasteiger partial charge in [0.05, 0.1) is 18.1 Å². The maximum Gasteiger partial charge on any atom is 0.325 e. The van der Waals surface area contributed by atoms with Crippen LogP contribution in [0.4, 0.5) is 10.5 Å². The minimum atomic E-state index is -0.760. The second-order valence-corrected chi connectivity index (χ2v) is 7.51. The van der Waals surface area contributed by atoms with E-state index in [0.29, 0.717) is 15.9 Å². The summed E-state index contributed by atoms with van der Waals surface area (Å²) in [5.74, 6) is -1.43. The van der Waals surface area contributed by atoms with Gasteiger partial charge in [-0.3, -0.25) is 24.3 Å². The van der Waals surface area contributed by atoms with Crippen LogP contribution in [0.2, 0.25) is 0 Å². The molecule has 30 heavy (non-hydrogen) atoms. The first kappa shape index (κ1) is 21.2. The molecule has 0 aliphatic carbocycles. The summed E-state index contributed by atoms with van der Waals surface area (Å²) in [7, 11) is 0. The van der Waals surface area contributed by atoms with Gasteiger partial charge in [0.15, 0.2) is 6.61 Å². The van der Waals surface area contributed by atoms with E-state index in [0.717, 1.165) is 11.1 Å². The minimum absolute atomic E-state index is 0.0747. The van der Waals surface area contributed by atoms with Gasteiger partial charge in [-0.25, -0.2) is 9.78 Å². The van der Waals surface area contributed by atoms with Gasteiger partial charge in [0.1, 0.15) is 4.83 Å². The maximum atomic E-state index is 12.3. The van der Waals surface area contributed by atoms with Crippen molar-refractivity contribution in [3.8, 4) is 0 Å². The number of rotatable bonds is 6. The molecule has 2 heterocycles. The summed E-state index contributed by atoms with van der Waals surface area (Å²) in [4.78, 5) is 52.6. The number of esters is 1. The number of imide groups is 1. The van der Waals surface area contributed by atoms with Crippen molar-refractivity contribution in [1.82, 2.24) is 14.9 Å². The molecule has 156 valence electrons. The molecule has 0 saturated carbocycles. The van der Waals surface area contributed by atoms with Gasteiger partial charge in [-0.2, -0.15) is 0 Å². The molecule has 0 aliphatic heterocycles. The molecule has 0 unspecified atom stereocenters. The third kappa shape index (κ3) is 5.29. The highest BCUT2D eigenvalue weighted by atomic mass is 32.1. The number of nitrogens with zero attached hydrogens (tertiary/aromatic N) is 2. The van der Waals surface area contributed by atoms with Crippen molar-refractivity contribution in [3.05, 3.63) is 57.5 Å². The smallest absolute Gasteiger partial charge is 0.325 e. The highest BCUT2D eigenvalue weighted by Gasteiger charge is 2.13. The van der Waals surface area contributed by atoms with E-state index < -0.39 is 24.5 Å². The van der Waals surface area contributed by atoms with Crippen molar-refractivity contribution >= 4 is 45.1 Å². The Hall–Kier alpha value is -3.53. The molecule has 3 rings (SSSR count). The third-order valence-corrected chi connectivity index (χ3v) is 5.08. The van der Waals surface area contributed by atoms with Crippen molar-refractivity contribution < 1.29 is 19.1 Å². The number of ether oxygens (including phenoxy) is 1. The number of carbonyl (C=O) groups is 3. The first-order valence-electron chi connectivity index (χ1n) is 9.10. The normalized spacial score (nSPS) is 10.6. The molecule has 10 heteroatoms. The zero-order valence-electron chi connectivity index (χ0n) is 16.4. The Labute approximate surface area is 175 Å². The number of aromatic nitrogens is 2. The zero-order valence-corrected chi connectivity index (χ0v) is 17.2.